The highest BCUT2D eigenvalue weighted by Gasteiger charge is 2.09. The lowest BCUT2D eigenvalue weighted by molar-refractivity contribution is -0.144. The number of anilines is 1. The first-order valence-corrected chi connectivity index (χ1v) is 7.23. The van der Waals surface area contributed by atoms with Crippen LogP contribution in [0.15, 0.2) is 28.7 Å². The number of halogens is 1. The third-order valence-electron chi connectivity index (χ3n) is 2.22. The van der Waals surface area contributed by atoms with E-state index >= 15 is 0 Å². The van der Waals surface area contributed by atoms with Crippen molar-refractivity contribution < 1.29 is 14.3 Å². The number of carbonyl (C=O) groups is 2. The molecular weight excluding hydrogens is 344 g/mol. The molecule has 7 heteroatoms. The van der Waals surface area contributed by atoms with Crippen molar-refractivity contribution in [1.82, 2.24) is 5.32 Å². The molecule has 0 aromatic heterocycles. The van der Waals surface area contributed by atoms with Gasteiger partial charge in [0.2, 0.25) is 5.91 Å². The molecule has 5 nitrogen and oxygen atoms in total. The number of nitrogens with one attached hydrogen (secondary N) is 2. The van der Waals surface area contributed by atoms with Gasteiger partial charge in [-0.05, 0) is 43.4 Å². The van der Waals surface area contributed by atoms with Crippen LogP contribution in [0.5, 0.6) is 0 Å². The highest BCUT2D eigenvalue weighted by atomic mass is 79.9. The number of hydrogen-bond acceptors (Lipinski definition) is 4. The van der Waals surface area contributed by atoms with E-state index in [9.17, 15) is 9.59 Å². The van der Waals surface area contributed by atoms with Crippen molar-refractivity contribution in [3.63, 3.8) is 0 Å². The molecule has 0 radical (unpaired) electrons. The number of hydrogen-bond donors (Lipinski definition) is 2. The van der Waals surface area contributed by atoms with Crippen LogP contribution in [0, 0.1) is 0 Å². The number of rotatable bonds is 5. The Kier molecular flexibility index (Phi) is 7.17. The first-order valence-electron chi connectivity index (χ1n) is 6.03. The Hall–Kier alpha value is -1.47. The van der Waals surface area contributed by atoms with Gasteiger partial charge >= 0.3 is 5.97 Å². The van der Waals surface area contributed by atoms with E-state index < -0.39 is 5.97 Å². The van der Waals surface area contributed by atoms with Gasteiger partial charge in [-0.3, -0.25) is 9.59 Å². The second-order valence-electron chi connectivity index (χ2n) is 3.81. The van der Waals surface area contributed by atoms with E-state index in [1.807, 2.05) is 24.3 Å². The van der Waals surface area contributed by atoms with Gasteiger partial charge in [0.25, 0.3) is 0 Å². The van der Waals surface area contributed by atoms with Gasteiger partial charge in [0.05, 0.1) is 13.0 Å². The summed E-state index contributed by atoms with van der Waals surface area (Å²) in [5, 5.41) is 5.57. The Bertz CT molecular complexity index is 491. The Morgan fingerprint density at radius 1 is 1.25 bits per heavy atom. The summed E-state index contributed by atoms with van der Waals surface area (Å²) in [5.41, 5.74) is 0.767. The monoisotopic (exact) mass is 358 g/mol. The summed E-state index contributed by atoms with van der Waals surface area (Å²) in [6.45, 7) is 2.03. The van der Waals surface area contributed by atoms with Crippen LogP contribution in [-0.2, 0) is 14.3 Å². The average Bonchev–Trinajstić information content (AvgIpc) is 2.39. The highest BCUT2D eigenvalue weighted by Crippen LogP contribution is 2.13. The van der Waals surface area contributed by atoms with Gasteiger partial charge in [0.15, 0.2) is 5.11 Å². The largest absolute Gasteiger partial charge is 0.466 e. The maximum Gasteiger partial charge on any atom is 0.306 e. The molecule has 0 aliphatic heterocycles. The molecule has 0 spiro atoms. The Morgan fingerprint density at radius 3 is 2.50 bits per heavy atom. The molecule has 0 heterocycles. The zero-order chi connectivity index (χ0) is 15.0. The molecule has 1 aromatic rings. The summed E-state index contributed by atoms with van der Waals surface area (Å²) >= 11 is 8.33. The van der Waals surface area contributed by atoms with Crippen LogP contribution in [0.1, 0.15) is 19.8 Å². The Balaban J connectivity index is 2.33. The van der Waals surface area contributed by atoms with Crippen LogP contribution in [0.3, 0.4) is 0 Å². The van der Waals surface area contributed by atoms with E-state index in [1.165, 1.54) is 0 Å². The number of ether oxygens (including phenoxy) is 1. The van der Waals surface area contributed by atoms with Crippen LogP contribution in [-0.4, -0.2) is 23.6 Å². The molecule has 1 rings (SSSR count). The van der Waals surface area contributed by atoms with Crippen LogP contribution in [0.2, 0.25) is 0 Å². The zero-order valence-electron chi connectivity index (χ0n) is 10.9. The van der Waals surface area contributed by atoms with Crippen molar-refractivity contribution in [2.75, 3.05) is 11.9 Å². The SMILES string of the molecule is CCOC(=O)CCC(=O)NC(=S)Nc1ccc(Br)cc1. The molecule has 0 atom stereocenters. The summed E-state index contributed by atoms with van der Waals surface area (Å²) in [5.74, 6) is -0.720. The Labute approximate surface area is 131 Å². The lowest BCUT2D eigenvalue weighted by atomic mass is 10.3. The summed E-state index contributed by atoms with van der Waals surface area (Å²) in [4.78, 5) is 22.7. The number of thiocarbonyl (C=S) groups is 1. The molecular formula is C13H15BrN2O3S. The van der Waals surface area contributed by atoms with Gasteiger partial charge in [0.1, 0.15) is 0 Å². The predicted molar refractivity (Wildman–Crippen MR) is 84.4 cm³/mol. The molecule has 0 saturated heterocycles. The second kappa shape index (κ2) is 8.65. The smallest absolute Gasteiger partial charge is 0.306 e. The Morgan fingerprint density at radius 2 is 1.90 bits per heavy atom. The van der Waals surface area contributed by atoms with Crippen molar-refractivity contribution >= 4 is 50.8 Å². The highest BCUT2D eigenvalue weighted by molar-refractivity contribution is 9.10. The lowest BCUT2D eigenvalue weighted by Gasteiger charge is -2.09. The van der Waals surface area contributed by atoms with Gasteiger partial charge in [-0.15, -0.1) is 0 Å². The minimum absolute atomic E-state index is 0.0422. The van der Waals surface area contributed by atoms with Crippen LogP contribution in [0.25, 0.3) is 0 Å². The van der Waals surface area contributed by atoms with Crippen LogP contribution < -0.4 is 10.6 Å². The molecule has 0 aliphatic rings. The molecule has 108 valence electrons. The topological polar surface area (TPSA) is 67.4 Å². The van der Waals surface area contributed by atoms with Crippen molar-refractivity contribution in [2.45, 2.75) is 19.8 Å². The number of esters is 1. The van der Waals surface area contributed by atoms with Crippen molar-refractivity contribution in [1.29, 1.82) is 0 Å². The summed E-state index contributed by atoms with van der Waals surface area (Å²) in [6.07, 6.45) is 0.0849. The third kappa shape index (κ3) is 6.63. The minimum Gasteiger partial charge on any atom is -0.466 e. The van der Waals surface area contributed by atoms with E-state index in [4.69, 9.17) is 17.0 Å². The molecule has 0 saturated carbocycles. The fourth-order valence-electron chi connectivity index (χ4n) is 1.33. The van der Waals surface area contributed by atoms with Gasteiger partial charge in [-0.2, -0.15) is 0 Å². The summed E-state index contributed by atoms with van der Waals surface area (Å²) in [6, 6.07) is 7.35. The van der Waals surface area contributed by atoms with Gasteiger partial charge in [-0.25, -0.2) is 0 Å². The van der Waals surface area contributed by atoms with E-state index in [1.54, 1.807) is 6.92 Å². The summed E-state index contributed by atoms with van der Waals surface area (Å²) < 4.78 is 5.68. The number of benzene rings is 1. The molecule has 0 fully saturated rings. The number of amides is 1. The fourth-order valence-corrected chi connectivity index (χ4v) is 1.83. The quantitative estimate of drug-likeness (QED) is 0.625. The molecule has 0 aliphatic carbocycles. The number of carbonyl (C=O) groups excluding carboxylic acids is 2. The van der Waals surface area contributed by atoms with Crippen LogP contribution >= 0.6 is 28.1 Å². The molecule has 0 unspecified atom stereocenters. The maximum absolute atomic E-state index is 11.6. The standard InChI is InChI=1S/C13H15BrN2O3S/c1-2-19-12(18)8-7-11(17)16-13(20)15-10-5-3-9(14)4-6-10/h3-6H,2,7-8H2,1H3,(H2,15,16,17,20). The first-order chi connectivity index (χ1) is 9.51. The van der Waals surface area contributed by atoms with E-state index in [2.05, 4.69) is 26.6 Å². The molecule has 1 aromatic carbocycles. The summed E-state index contributed by atoms with van der Waals surface area (Å²) in [7, 11) is 0. The molecule has 20 heavy (non-hydrogen) atoms. The van der Waals surface area contributed by atoms with Crippen molar-refractivity contribution in [3.05, 3.63) is 28.7 Å². The van der Waals surface area contributed by atoms with Gasteiger partial charge in [-0.1, -0.05) is 15.9 Å². The van der Waals surface area contributed by atoms with Gasteiger partial charge in [0, 0.05) is 16.6 Å². The normalized spacial score (nSPS) is 9.70. The maximum atomic E-state index is 11.6. The molecule has 0 bridgehead atoms. The first kappa shape index (κ1) is 16.6. The average molecular weight is 359 g/mol. The van der Waals surface area contributed by atoms with Crippen LogP contribution in [0.4, 0.5) is 5.69 Å². The van der Waals surface area contributed by atoms with E-state index in [0.717, 1.165) is 10.2 Å². The second-order valence-corrected chi connectivity index (χ2v) is 5.14. The van der Waals surface area contributed by atoms with Gasteiger partial charge < -0.3 is 15.4 Å². The van der Waals surface area contributed by atoms with Crippen molar-refractivity contribution in [2.24, 2.45) is 0 Å². The third-order valence-corrected chi connectivity index (χ3v) is 2.95. The molecule has 1 amide bonds. The lowest BCUT2D eigenvalue weighted by Crippen LogP contribution is -2.34. The van der Waals surface area contributed by atoms with Crippen molar-refractivity contribution in [3.8, 4) is 0 Å². The minimum atomic E-state index is -0.394. The predicted octanol–water partition coefficient (Wildman–Crippen LogP) is 2.61. The fraction of sp³-hybridized carbons (Fsp3) is 0.308. The van der Waals surface area contributed by atoms with E-state index in [-0.39, 0.29) is 23.9 Å². The van der Waals surface area contributed by atoms with E-state index in [0.29, 0.717) is 6.61 Å². The zero-order valence-corrected chi connectivity index (χ0v) is 13.3. The molecule has 2 N–H and O–H groups in total.